The van der Waals surface area contributed by atoms with Gasteiger partial charge in [-0.25, -0.2) is 0 Å². The first-order valence-electron chi connectivity index (χ1n) is 5.67. The van der Waals surface area contributed by atoms with Crippen molar-refractivity contribution in [1.29, 1.82) is 0 Å². The van der Waals surface area contributed by atoms with Crippen molar-refractivity contribution in [1.82, 2.24) is 10.2 Å². The molecule has 1 amide bonds. The first-order chi connectivity index (χ1) is 7.79. The number of carboxylic acids is 1. The monoisotopic (exact) mass is 244 g/mol. The highest BCUT2D eigenvalue weighted by molar-refractivity contribution is 5.83. The number of carbonyl (C=O) groups excluding carboxylic acids is 1. The van der Waals surface area contributed by atoms with Gasteiger partial charge in [0.1, 0.15) is 6.04 Å². The van der Waals surface area contributed by atoms with Gasteiger partial charge in [-0.15, -0.1) is 0 Å². The molecule has 1 saturated heterocycles. The molecule has 98 valence electrons. The molecule has 1 heterocycles. The molecule has 0 bridgehead atoms. The fraction of sp³-hybridized carbons (Fsp3) is 0.818. The molecule has 0 aliphatic carbocycles. The summed E-state index contributed by atoms with van der Waals surface area (Å²) in [6, 6.07) is -0.656. The lowest BCUT2D eigenvalue weighted by molar-refractivity contribution is -0.146. The van der Waals surface area contributed by atoms with Crippen LogP contribution >= 0.6 is 0 Å². The average Bonchev–Trinajstić information content (AvgIpc) is 2.15. The number of amides is 1. The zero-order valence-electron chi connectivity index (χ0n) is 10.5. The summed E-state index contributed by atoms with van der Waals surface area (Å²) in [7, 11) is 0. The van der Waals surface area contributed by atoms with Crippen molar-refractivity contribution in [3.05, 3.63) is 0 Å². The molecule has 0 aromatic carbocycles. The van der Waals surface area contributed by atoms with Crippen molar-refractivity contribution >= 4 is 11.9 Å². The number of ether oxygens (including phenoxy) is 1. The number of piperazine rings is 1. The Bertz CT molecular complexity index is 298. The maximum absolute atomic E-state index is 11.2. The van der Waals surface area contributed by atoms with E-state index in [2.05, 4.69) is 5.32 Å². The zero-order chi connectivity index (χ0) is 13.1. The Morgan fingerprint density at radius 1 is 1.59 bits per heavy atom. The Morgan fingerprint density at radius 3 is 2.76 bits per heavy atom. The van der Waals surface area contributed by atoms with E-state index >= 15 is 0 Å². The number of hydrogen-bond donors (Lipinski definition) is 2. The molecule has 0 spiro atoms. The highest BCUT2D eigenvalue weighted by Crippen LogP contribution is 2.08. The van der Waals surface area contributed by atoms with E-state index < -0.39 is 12.0 Å². The number of carbonyl (C=O) groups is 2. The van der Waals surface area contributed by atoms with Gasteiger partial charge in [0.25, 0.3) is 0 Å². The van der Waals surface area contributed by atoms with Crippen LogP contribution in [-0.2, 0) is 14.3 Å². The van der Waals surface area contributed by atoms with E-state index in [9.17, 15) is 9.59 Å². The second-order valence-corrected chi connectivity index (χ2v) is 5.09. The molecule has 1 atom stereocenters. The van der Waals surface area contributed by atoms with Crippen molar-refractivity contribution in [3.63, 3.8) is 0 Å². The summed E-state index contributed by atoms with van der Waals surface area (Å²) in [6.07, 6.45) is 0. The predicted octanol–water partition coefficient (Wildman–Crippen LogP) is -0.313. The highest BCUT2D eigenvalue weighted by atomic mass is 16.5. The van der Waals surface area contributed by atoms with E-state index in [1.165, 1.54) is 0 Å². The van der Waals surface area contributed by atoms with Crippen molar-refractivity contribution in [2.75, 3.05) is 26.2 Å². The summed E-state index contributed by atoms with van der Waals surface area (Å²) >= 11 is 0. The minimum Gasteiger partial charge on any atom is -0.480 e. The van der Waals surface area contributed by atoms with E-state index in [0.29, 0.717) is 13.2 Å². The number of aliphatic carboxylic acids is 1. The summed E-state index contributed by atoms with van der Waals surface area (Å²) in [6.45, 7) is 6.94. The van der Waals surface area contributed by atoms with Crippen molar-refractivity contribution in [2.45, 2.75) is 32.4 Å². The van der Waals surface area contributed by atoms with Gasteiger partial charge in [0.15, 0.2) is 0 Å². The van der Waals surface area contributed by atoms with Crippen LogP contribution in [0, 0.1) is 0 Å². The maximum atomic E-state index is 11.2. The third kappa shape index (κ3) is 4.70. The van der Waals surface area contributed by atoms with Crippen LogP contribution in [0.1, 0.15) is 20.8 Å². The molecule has 1 fully saturated rings. The molecule has 6 nitrogen and oxygen atoms in total. The van der Waals surface area contributed by atoms with Gasteiger partial charge < -0.3 is 15.2 Å². The Morgan fingerprint density at radius 2 is 2.24 bits per heavy atom. The molecule has 1 aliphatic heterocycles. The summed E-state index contributed by atoms with van der Waals surface area (Å²) < 4.78 is 5.53. The van der Waals surface area contributed by atoms with Gasteiger partial charge in [-0.1, -0.05) is 0 Å². The maximum Gasteiger partial charge on any atom is 0.322 e. The molecule has 6 heteroatoms. The molecule has 0 radical (unpaired) electrons. The Labute approximate surface area is 101 Å². The number of rotatable bonds is 4. The van der Waals surface area contributed by atoms with Gasteiger partial charge in [0, 0.05) is 13.1 Å². The molecule has 2 N–H and O–H groups in total. The molecular formula is C11H20N2O4. The number of nitrogens with one attached hydrogen (secondary N) is 1. The molecule has 0 aromatic heterocycles. The Kier molecular flexibility index (Phi) is 4.47. The topological polar surface area (TPSA) is 78.9 Å². The van der Waals surface area contributed by atoms with Gasteiger partial charge in [-0.3, -0.25) is 14.5 Å². The fourth-order valence-electron chi connectivity index (χ4n) is 1.64. The molecule has 1 rings (SSSR count). The molecular weight excluding hydrogens is 224 g/mol. The van der Waals surface area contributed by atoms with Crippen LogP contribution in [0.5, 0.6) is 0 Å². The Balaban J connectivity index is 2.47. The van der Waals surface area contributed by atoms with Gasteiger partial charge in [-0.2, -0.15) is 0 Å². The molecule has 1 unspecified atom stereocenters. The minimum atomic E-state index is -0.916. The van der Waals surface area contributed by atoms with E-state index in [0.717, 1.165) is 0 Å². The second-order valence-electron chi connectivity index (χ2n) is 5.09. The van der Waals surface area contributed by atoms with Gasteiger partial charge in [-0.05, 0) is 20.8 Å². The predicted molar refractivity (Wildman–Crippen MR) is 61.7 cm³/mol. The van der Waals surface area contributed by atoms with E-state index in [-0.39, 0.29) is 24.6 Å². The normalized spacial score (nSPS) is 22.3. The van der Waals surface area contributed by atoms with Gasteiger partial charge in [0.05, 0.1) is 18.8 Å². The standard InChI is InChI=1S/C11H20N2O4/c1-11(2,3)17-5-4-13-7-9(14)12-6-8(13)10(15)16/h8H,4-7H2,1-3H3,(H,12,14)(H,15,16). The fourth-order valence-corrected chi connectivity index (χ4v) is 1.64. The van der Waals surface area contributed by atoms with Crippen molar-refractivity contribution in [2.24, 2.45) is 0 Å². The molecule has 17 heavy (non-hydrogen) atoms. The lowest BCUT2D eigenvalue weighted by atomic mass is 10.2. The number of hydrogen-bond acceptors (Lipinski definition) is 4. The summed E-state index contributed by atoms with van der Waals surface area (Å²) in [5, 5.41) is 11.6. The first-order valence-corrected chi connectivity index (χ1v) is 5.67. The Hall–Kier alpha value is -1.14. The van der Waals surface area contributed by atoms with Crippen LogP contribution in [0.25, 0.3) is 0 Å². The van der Waals surface area contributed by atoms with Crippen LogP contribution in [0.3, 0.4) is 0 Å². The molecule has 0 aromatic rings. The van der Waals surface area contributed by atoms with Crippen LogP contribution in [0.15, 0.2) is 0 Å². The number of nitrogens with zero attached hydrogens (tertiary/aromatic N) is 1. The van der Waals surface area contributed by atoms with Crippen LogP contribution in [-0.4, -0.2) is 59.8 Å². The van der Waals surface area contributed by atoms with Gasteiger partial charge >= 0.3 is 5.97 Å². The molecule has 0 saturated carbocycles. The summed E-state index contributed by atoms with van der Waals surface area (Å²) in [5.41, 5.74) is -0.253. The third-order valence-corrected chi connectivity index (χ3v) is 2.48. The molecule has 1 aliphatic rings. The number of carboxylic acid groups (broad SMARTS) is 1. The van der Waals surface area contributed by atoms with E-state index in [1.807, 2.05) is 20.8 Å². The summed E-state index contributed by atoms with van der Waals surface area (Å²) in [4.78, 5) is 23.8. The highest BCUT2D eigenvalue weighted by Gasteiger charge is 2.31. The quantitative estimate of drug-likeness (QED) is 0.709. The van der Waals surface area contributed by atoms with Crippen LogP contribution in [0.4, 0.5) is 0 Å². The zero-order valence-corrected chi connectivity index (χ0v) is 10.5. The first kappa shape index (κ1) is 13.9. The SMILES string of the molecule is CC(C)(C)OCCN1CC(=O)NCC1C(=O)O. The second kappa shape index (κ2) is 5.46. The van der Waals surface area contributed by atoms with Gasteiger partial charge in [0.2, 0.25) is 5.91 Å². The third-order valence-electron chi connectivity index (χ3n) is 2.48. The van der Waals surface area contributed by atoms with Crippen LogP contribution in [0.2, 0.25) is 0 Å². The lowest BCUT2D eigenvalue weighted by Crippen LogP contribution is -2.58. The largest absolute Gasteiger partial charge is 0.480 e. The average molecular weight is 244 g/mol. The minimum absolute atomic E-state index is 0.116. The van der Waals surface area contributed by atoms with E-state index in [1.54, 1.807) is 4.90 Å². The van der Waals surface area contributed by atoms with Crippen molar-refractivity contribution in [3.8, 4) is 0 Å². The van der Waals surface area contributed by atoms with E-state index in [4.69, 9.17) is 9.84 Å². The van der Waals surface area contributed by atoms with Crippen molar-refractivity contribution < 1.29 is 19.4 Å². The summed E-state index contributed by atoms with van der Waals surface area (Å²) in [5.74, 6) is -1.06. The lowest BCUT2D eigenvalue weighted by Gasteiger charge is -2.33. The van der Waals surface area contributed by atoms with Crippen LogP contribution < -0.4 is 5.32 Å². The smallest absolute Gasteiger partial charge is 0.322 e.